The SMILES string of the molecule is CCNC(COCC)Cc1nccn1C. The van der Waals surface area contributed by atoms with Crippen LogP contribution in [-0.2, 0) is 18.2 Å². The van der Waals surface area contributed by atoms with Crippen molar-refractivity contribution >= 4 is 0 Å². The first-order chi connectivity index (χ1) is 7.27. The van der Waals surface area contributed by atoms with Crippen LogP contribution in [0.1, 0.15) is 19.7 Å². The van der Waals surface area contributed by atoms with Crippen molar-refractivity contribution in [3.05, 3.63) is 18.2 Å². The number of hydrogen-bond donors (Lipinski definition) is 1. The summed E-state index contributed by atoms with van der Waals surface area (Å²) in [5, 5.41) is 3.40. The summed E-state index contributed by atoms with van der Waals surface area (Å²) in [6.07, 6.45) is 4.72. The molecule has 0 aliphatic carbocycles. The zero-order valence-electron chi connectivity index (χ0n) is 9.86. The summed E-state index contributed by atoms with van der Waals surface area (Å²) < 4.78 is 7.49. The van der Waals surface area contributed by atoms with E-state index in [4.69, 9.17) is 4.74 Å². The van der Waals surface area contributed by atoms with E-state index in [9.17, 15) is 0 Å². The van der Waals surface area contributed by atoms with Crippen molar-refractivity contribution in [3.63, 3.8) is 0 Å². The Balaban J connectivity index is 2.46. The number of ether oxygens (including phenoxy) is 1. The van der Waals surface area contributed by atoms with Crippen molar-refractivity contribution < 1.29 is 4.74 Å². The summed E-state index contributed by atoms with van der Waals surface area (Å²) in [7, 11) is 2.02. The Morgan fingerprint density at radius 3 is 2.87 bits per heavy atom. The van der Waals surface area contributed by atoms with E-state index >= 15 is 0 Å². The average molecular weight is 211 g/mol. The van der Waals surface area contributed by atoms with Crippen molar-refractivity contribution in [2.45, 2.75) is 26.3 Å². The van der Waals surface area contributed by atoms with Gasteiger partial charge in [0.1, 0.15) is 5.82 Å². The molecule has 4 nitrogen and oxygen atoms in total. The fourth-order valence-corrected chi connectivity index (χ4v) is 1.55. The van der Waals surface area contributed by atoms with E-state index in [1.54, 1.807) is 0 Å². The molecule has 1 rings (SSSR count). The van der Waals surface area contributed by atoms with Crippen molar-refractivity contribution in [2.24, 2.45) is 7.05 Å². The summed E-state index contributed by atoms with van der Waals surface area (Å²) in [5.74, 6) is 1.10. The zero-order valence-corrected chi connectivity index (χ0v) is 9.86. The van der Waals surface area contributed by atoms with Crippen LogP contribution in [0.4, 0.5) is 0 Å². The molecule has 0 aliphatic rings. The van der Waals surface area contributed by atoms with Gasteiger partial charge >= 0.3 is 0 Å². The molecule has 0 bridgehead atoms. The van der Waals surface area contributed by atoms with E-state index in [0.29, 0.717) is 6.04 Å². The van der Waals surface area contributed by atoms with Crippen LogP contribution >= 0.6 is 0 Å². The molecule has 1 unspecified atom stereocenters. The molecule has 1 aromatic rings. The second kappa shape index (κ2) is 6.58. The van der Waals surface area contributed by atoms with Crippen LogP contribution in [0, 0.1) is 0 Å². The normalized spacial score (nSPS) is 13.0. The summed E-state index contributed by atoms with van der Waals surface area (Å²) in [5.41, 5.74) is 0. The highest BCUT2D eigenvalue weighted by Gasteiger charge is 2.10. The van der Waals surface area contributed by atoms with Crippen LogP contribution in [-0.4, -0.2) is 35.4 Å². The Hall–Kier alpha value is -0.870. The minimum atomic E-state index is 0.357. The summed E-state index contributed by atoms with van der Waals surface area (Å²) >= 11 is 0. The number of rotatable bonds is 7. The molecule has 86 valence electrons. The van der Waals surface area contributed by atoms with Gasteiger partial charge in [-0.2, -0.15) is 0 Å². The van der Waals surface area contributed by atoms with Gasteiger partial charge in [0, 0.05) is 38.5 Å². The molecule has 0 amide bonds. The third-order valence-corrected chi connectivity index (χ3v) is 2.37. The second-order valence-electron chi connectivity index (χ2n) is 3.57. The van der Waals surface area contributed by atoms with Gasteiger partial charge in [0.25, 0.3) is 0 Å². The molecule has 0 aromatic carbocycles. The fourth-order valence-electron chi connectivity index (χ4n) is 1.55. The molecule has 4 heteroatoms. The predicted octanol–water partition coefficient (Wildman–Crippen LogP) is 0.977. The van der Waals surface area contributed by atoms with Gasteiger partial charge in [-0.15, -0.1) is 0 Å². The Labute approximate surface area is 91.7 Å². The first kappa shape index (κ1) is 12.2. The van der Waals surface area contributed by atoms with Gasteiger partial charge in [0.15, 0.2) is 0 Å². The Kier molecular flexibility index (Phi) is 5.36. The van der Waals surface area contributed by atoms with E-state index in [2.05, 4.69) is 21.8 Å². The van der Waals surface area contributed by atoms with E-state index in [-0.39, 0.29) is 0 Å². The van der Waals surface area contributed by atoms with Gasteiger partial charge in [-0.3, -0.25) is 0 Å². The van der Waals surface area contributed by atoms with Crippen LogP contribution < -0.4 is 5.32 Å². The van der Waals surface area contributed by atoms with E-state index < -0.39 is 0 Å². The first-order valence-corrected chi connectivity index (χ1v) is 5.55. The number of aromatic nitrogens is 2. The topological polar surface area (TPSA) is 39.1 Å². The second-order valence-corrected chi connectivity index (χ2v) is 3.57. The minimum Gasteiger partial charge on any atom is -0.380 e. The molecular weight excluding hydrogens is 190 g/mol. The first-order valence-electron chi connectivity index (χ1n) is 5.55. The van der Waals surface area contributed by atoms with Gasteiger partial charge in [-0.1, -0.05) is 6.92 Å². The van der Waals surface area contributed by atoms with Gasteiger partial charge in [0.2, 0.25) is 0 Å². The summed E-state index contributed by atoms with van der Waals surface area (Å²) in [6, 6.07) is 0.357. The average Bonchev–Trinajstić information content (AvgIpc) is 2.61. The van der Waals surface area contributed by atoms with Crippen LogP contribution in [0.5, 0.6) is 0 Å². The number of likely N-dealkylation sites (N-methyl/N-ethyl adjacent to an activating group) is 1. The lowest BCUT2D eigenvalue weighted by atomic mass is 10.2. The molecule has 0 saturated carbocycles. The van der Waals surface area contributed by atoms with E-state index in [0.717, 1.165) is 32.0 Å². The maximum atomic E-state index is 5.44. The molecular formula is C11H21N3O. The Bertz CT molecular complexity index is 273. The van der Waals surface area contributed by atoms with Gasteiger partial charge in [-0.05, 0) is 13.5 Å². The van der Waals surface area contributed by atoms with Crippen molar-refractivity contribution in [1.29, 1.82) is 0 Å². The fraction of sp³-hybridized carbons (Fsp3) is 0.727. The Morgan fingerprint density at radius 1 is 1.53 bits per heavy atom. The van der Waals surface area contributed by atoms with Crippen LogP contribution in [0.15, 0.2) is 12.4 Å². The molecule has 1 aromatic heterocycles. The molecule has 0 spiro atoms. The molecule has 0 fully saturated rings. The van der Waals surface area contributed by atoms with Gasteiger partial charge < -0.3 is 14.6 Å². The lowest BCUT2D eigenvalue weighted by molar-refractivity contribution is 0.122. The zero-order chi connectivity index (χ0) is 11.1. The molecule has 15 heavy (non-hydrogen) atoms. The van der Waals surface area contributed by atoms with Gasteiger partial charge in [-0.25, -0.2) is 4.98 Å². The smallest absolute Gasteiger partial charge is 0.110 e. The number of nitrogens with zero attached hydrogens (tertiary/aromatic N) is 2. The largest absolute Gasteiger partial charge is 0.380 e. The highest BCUT2D eigenvalue weighted by molar-refractivity contribution is 4.94. The van der Waals surface area contributed by atoms with Crippen LogP contribution in [0.25, 0.3) is 0 Å². The maximum Gasteiger partial charge on any atom is 0.110 e. The number of hydrogen-bond acceptors (Lipinski definition) is 3. The summed E-state index contributed by atoms with van der Waals surface area (Å²) in [4.78, 5) is 4.31. The molecule has 0 radical (unpaired) electrons. The molecule has 0 saturated heterocycles. The van der Waals surface area contributed by atoms with Crippen molar-refractivity contribution in [1.82, 2.24) is 14.9 Å². The third kappa shape index (κ3) is 4.01. The summed E-state index contributed by atoms with van der Waals surface area (Å²) in [6.45, 7) is 6.60. The minimum absolute atomic E-state index is 0.357. The van der Waals surface area contributed by atoms with Crippen molar-refractivity contribution in [3.8, 4) is 0 Å². The molecule has 0 aliphatic heterocycles. The lowest BCUT2D eigenvalue weighted by Gasteiger charge is -2.17. The predicted molar refractivity (Wildman–Crippen MR) is 60.9 cm³/mol. The van der Waals surface area contributed by atoms with E-state index in [1.165, 1.54) is 0 Å². The molecule has 1 atom stereocenters. The lowest BCUT2D eigenvalue weighted by Crippen LogP contribution is -2.36. The van der Waals surface area contributed by atoms with Gasteiger partial charge in [0.05, 0.1) is 6.61 Å². The number of imidazole rings is 1. The van der Waals surface area contributed by atoms with Crippen LogP contribution in [0.2, 0.25) is 0 Å². The quantitative estimate of drug-likeness (QED) is 0.730. The van der Waals surface area contributed by atoms with Crippen LogP contribution in [0.3, 0.4) is 0 Å². The number of aryl methyl sites for hydroxylation is 1. The monoisotopic (exact) mass is 211 g/mol. The molecule has 1 heterocycles. The van der Waals surface area contributed by atoms with Crippen molar-refractivity contribution in [2.75, 3.05) is 19.8 Å². The molecule has 1 N–H and O–H groups in total. The highest BCUT2D eigenvalue weighted by atomic mass is 16.5. The maximum absolute atomic E-state index is 5.44. The number of nitrogens with one attached hydrogen (secondary N) is 1. The standard InChI is InChI=1S/C11H21N3O/c1-4-12-10(9-15-5-2)8-11-13-6-7-14(11)3/h6-7,10,12H,4-5,8-9H2,1-3H3. The van der Waals surface area contributed by atoms with E-state index in [1.807, 2.05) is 26.4 Å². The third-order valence-electron chi connectivity index (χ3n) is 2.37. The Morgan fingerprint density at radius 2 is 2.33 bits per heavy atom. The highest BCUT2D eigenvalue weighted by Crippen LogP contribution is 2.00.